The van der Waals surface area contributed by atoms with Gasteiger partial charge in [0.25, 0.3) is 5.91 Å². The zero-order valence-electron chi connectivity index (χ0n) is 23.8. The van der Waals surface area contributed by atoms with Crippen LogP contribution in [0.4, 0.5) is 5.69 Å². The van der Waals surface area contributed by atoms with E-state index in [1.165, 1.54) is 0 Å². The first-order valence-electron chi connectivity index (χ1n) is 14.4. The van der Waals surface area contributed by atoms with Crippen LogP contribution in [0.25, 0.3) is 0 Å². The molecule has 2 aromatic carbocycles. The first-order chi connectivity index (χ1) is 20.3. The average Bonchev–Trinajstić information content (AvgIpc) is 3.63. The summed E-state index contributed by atoms with van der Waals surface area (Å²) >= 11 is 8.24. The number of thioether (sulfide) groups is 1. The van der Waals surface area contributed by atoms with Gasteiger partial charge in [-0.3, -0.25) is 14.4 Å². The van der Waals surface area contributed by atoms with Gasteiger partial charge in [0.05, 0.1) is 46.5 Å². The van der Waals surface area contributed by atoms with Gasteiger partial charge in [0.15, 0.2) is 0 Å². The SMILES string of the molecule is C=CCCOC(=O)[C@@H]1[C@H]2C(=O)N([C@@H](CO)Cc3ccccc3)C(C(=O)N(CC=C)c3c(C)cccc3Cl)C23CC[C@H]1S3. The van der Waals surface area contributed by atoms with Gasteiger partial charge in [-0.25, -0.2) is 0 Å². The molecule has 3 fully saturated rings. The molecule has 7 nitrogen and oxygen atoms in total. The zero-order chi connectivity index (χ0) is 30.0. The second-order valence-corrected chi connectivity index (χ2v) is 13.2. The third-order valence-electron chi connectivity index (χ3n) is 8.76. The number of ether oxygens (including phenoxy) is 1. The number of anilines is 1. The van der Waals surface area contributed by atoms with Crippen molar-refractivity contribution in [2.45, 2.75) is 54.7 Å². The molecule has 2 unspecified atom stereocenters. The van der Waals surface area contributed by atoms with Gasteiger partial charge < -0.3 is 19.6 Å². The zero-order valence-corrected chi connectivity index (χ0v) is 25.4. The lowest BCUT2D eigenvalue weighted by atomic mass is 9.71. The molecule has 3 heterocycles. The highest BCUT2D eigenvalue weighted by Gasteiger charge is 2.74. The summed E-state index contributed by atoms with van der Waals surface area (Å²) in [5, 5.41) is 11.0. The smallest absolute Gasteiger partial charge is 0.310 e. The molecule has 3 aliphatic heterocycles. The van der Waals surface area contributed by atoms with Crippen LogP contribution in [0.15, 0.2) is 73.8 Å². The minimum atomic E-state index is -0.910. The van der Waals surface area contributed by atoms with Gasteiger partial charge in [0.2, 0.25) is 5.91 Å². The number of hydrogen-bond acceptors (Lipinski definition) is 6. The number of amides is 2. The van der Waals surface area contributed by atoms with Gasteiger partial charge in [-0.2, -0.15) is 0 Å². The lowest BCUT2D eigenvalue weighted by Gasteiger charge is -2.40. The molecule has 6 atom stereocenters. The maximum absolute atomic E-state index is 14.9. The van der Waals surface area contributed by atoms with E-state index in [2.05, 4.69) is 13.2 Å². The largest absolute Gasteiger partial charge is 0.465 e. The molecule has 2 amide bonds. The molecule has 0 aliphatic carbocycles. The van der Waals surface area contributed by atoms with Crippen molar-refractivity contribution in [3.05, 3.63) is 90.0 Å². The van der Waals surface area contributed by atoms with E-state index in [1.54, 1.807) is 39.8 Å². The summed E-state index contributed by atoms with van der Waals surface area (Å²) in [5.74, 6) is -2.36. The van der Waals surface area contributed by atoms with E-state index in [0.717, 1.165) is 11.1 Å². The summed E-state index contributed by atoms with van der Waals surface area (Å²) in [6.07, 6.45) is 5.51. The minimum absolute atomic E-state index is 0.121. The molecular weight excluding hydrogens is 572 g/mol. The van der Waals surface area contributed by atoms with Gasteiger partial charge in [-0.1, -0.05) is 66.2 Å². The molecule has 2 bridgehead atoms. The Morgan fingerprint density at radius 1 is 1.21 bits per heavy atom. The molecule has 0 aromatic heterocycles. The highest BCUT2D eigenvalue weighted by atomic mass is 35.5. The van der Waals surface area contributed by atoms with Crippen molar-refractivity contribution in [2.24, 2.45) is 11.8 Å². The number of esters is 1. The van der Waals surface area contributed by atoms with Crippen molar-refractivity contribution < 1.29 is 24.2 Å². The summed E-state index contributed by atoms with van der Waals surface area (Å²) in [4.78, 5) is 46.0. The van der Waals surface area contributed by atoms with E-state index < -0.39 is 34.6 Å². The van der Waals surface area contributed by atoms with Gasteiger partial charge in [0.1, 0.15) is 6.04 Å². The Balaban J connectivity index is 1.60. The second-order valence-electron chi connectivity index (χ2n) is 11.2. The first-order valence-corrected chi connectivity index (χ1v) is 15.6. The van der Waals surface area contributed by atoms with Crippen LogP contribution in [-0.4, -0.2) is 69.6 Å². The van der Waals surface area contributed by atoms with Crippen LogP contribution in [0.2, 0.25) is 5.02 Å². The number of halogens is 1. The van der Waals surface area contributed by atoms with Crippen LogP contribution < -0.4 is 4.90 Å². The normalized spacial score (nSPS) is 26.5. The molecule has 5 rings (SSSR count). The summed E-state index contributed by atoms with van der Waals surface area (Å²) in [5.41, 5.74) is 2.32. The Kier molecular flexibility index (Phi) is 9.16. The molecule has 3 aliphatic rings. The number of likely N-dealkylation sites (tertiary alicyclic amines) is 1. The predicted octanol–water partition coefficient (Wildman–Crippen LogP) is 4.98. The van der Waals surface area contributed by atoms with Crippen LogP contribution in [-0.2, 0) is 25.5 Å². The van der Waals surface area contributed by atoms with Gasteiger partial charge in [-0.15, -0.1) is 24.9 Å². The summed E-state index contributed by atoms with van der Waals surface area (Å²) < 4.78 is 4.77. The fourth-order valence-electron chi connectivity index (χ4n) is 7.04. The Labute approximate surface area is 256 Å². The van der Waals surface area contributed by atoms with Crippen molar-refractivity contribution in [3.8, 4) is 0 Å². The Hall–Kier alpha value is -3.07. The summed E-state index contributed by atoms with van der Waals surface area (Å²) in [6.45, 7) is 9.52. The lowest BCUT2D eigenvalue weighted by molar-refractivity contribution is -0.154. The minimum Gasteiger partial charge on any atom is -0.465 e. The Bertz CT molecular complexity index is 1350. The number of fused-ring (bicyclic) bond motifs is 1. The van der Waals surface area contributed by atoms with Crippen LogP contribution in [0.1, 0.15) is 30.4 Å². The quantitative estimate of drug-likeness (QED) is 0.208. The second kappa shape index (κ2) is 12.7. The molecule has 1 N–H and O–H groups in total. The fourth-order valence-corrected chi connectivity index (χ4v) is 9.55. The van der Waals surface area contributed by atoms with E-state index in [4.69, 9.17) is 16.3 Å². The van der Waals surface area contributed by atoms with Crippen molar-refractivity contribution >= 4 is 46.8 Å². The molecule has 2 aromatic rings. The number of carbonyl (C=O) groups is 3. The van der Waals surface area contributed by atoms with Crippen molar-refractivity contribution in [1.29, 1.82) is 0 Å². The predicted molar refractivity (Wildman–Crippen MR) is 166 cm³/mol. The number of nitrogens with zero attached hydrogens (tertiary/aromatic N) is 2. The molecular formula is C33H37ClN2O5S. The highest BCUT2D eigenvalue weighted by Crippen LogP contribution is 2.67. The monoisotopic (exact) mass is 608 g/mol. The molecule has 9 heteroatoms. The lowest BCUT2D eigenvalue weighted by Crippen LogP contribution is -2.58. The standard InChI is InChI=1S/C33H37ClN2O5S/c1-4-6-18-41-32(40)26-25-15-16-33(42-25)27(26)30(38)36(23(20-37)19-22-12-8-7-9-13-22)29(33)31(39)35(17-5-2)28-21(3)11-10-14-24(28)34/h4-5,7-14,23,25-27,29,37H,1-2,6,15-20H2,3H3/t23-,25-,26+,27+,29?,33?/m1/s1. The number of aryl methyl sites for hydroxylation is 1. The molecule has 0 saturated carbocycles. The van der Waals surface area contributed by atoms with E-state index in [0.29, 0.717) is 36.4 Å². The number of hydrogen-bond donors (Lipinski definition) is 1. The van der Waals surface area contributed by atoms with Gasteiger partial charge in [-0.05, 0) is 49.8 Å². The van der Waals surface area contributed by atoms with Crippen molar-refractivity contribution in [1.82, 2.24) is 4.90 Å². The van der Waals surface area contributed by atoms with Crippen LogP contribution in [0.3, 0.4) is 0 Å². The van der Waals surface area contributed by atoms with Gasteiger partial charge >= 0.3 is 5.97 Å². The van der Waals surface area contributed by atoms with E-state index in [-0.39, 0.29) is 36.8 Å². The molecule has 0 radical (unpaired) electrons. The van der Waals surface area contributed by atoms with E-state index in [9.17, 15) is 19.5 Å². The number of benzene rings is 2. The number of rotatable bonds is 12. The first kappa shape index (κ1) is 30.4. The van der Waals surface area contributed by atoms with Crippen LogP contribution in [0.5, 0.6) is 0 Å². The number of aliphatic hydroxyl groups is 1. The number of aliphatic hydroxyl groups excluding tert-OH is 1. The third kappa shape index (κ3) is 5.18. The Morgan fingerprint density at radius 2 is 1.98 bits per heavy atom. The van der Waals surface area contributed by atoms with Crippen LogP contribution in [0, 0.1) is 18.8 Å². The number of para-hydroxylation sites is 1. The van der Waals surface area contributed by atoms with Gasteiger partial charge in [0, 0.05) is 11.8 Å². The maximum atomic E-state index is 14.9. The molecule has 1 spiro atoms. The third-order valence-corrected chi connectivity index (χ3v) is 11.0. The molecule has 3 saturated heterocycles. The molecule has 42 heavy (non-hydrogen) atoms. The maximum Gasteiger partial charge on any atom is 0.310 e. The topological polar surface area (TPSA) is 87.1 Å². The summed E-state index contributed by atoms with van der Waals surface area (Å²) in [7, 11) is 0. The summed E-state index contributed by atoms with van der Waals surface area (Å²) in [6, 6.07) is 13.5. The fraction of sp³-hybridized carbons (Fsp3) is 0.424. The van der Waals surface area contributed by atoms with Crippen molar-refractivity contribution in [2.75, 3.05) is 24.7 Å². The van der Waals surface area contributed by atoms with Crippen LogP contribution >= 0.6 is 23.4 Å². The van der Waals surface area contributed by atoms with Crippen molar-refractivity contribution in [3.63, 3.8) is 0 Å². The molecule has 222 valence electrons. The van der Waals surface area contributed by atoms with E-state index >= 15 is 0 Å². The van der Waals surface area contributed by atoms with E-state index in [1.807, 2.05) is 49.4 Å². The number of carbonyl (C=O) groups excluding carboxylic acids is 3. The average molecular weight is 609 g/mol. The highest BCUT2D eigenvalue weighted by molar-refractivity contribution is 8.02. The Morgan fingerprint density at radius 3 is 2.64 bits per heavy atom.